The van der Waals surface area contributed by atoms with Crippen molar-refractivity contribution in [1.29, 1.82) is 0 Å². The van der Waals surface area contributed by atoms with Crippen molar-refractivity contribution < 1.29 is 9.84 Å². The third-order valence-electron chi connectivity index (χ3n) is 3.92. The van der Waals surface area contributed by atoms with Gasteiger partial charge in [0.2, 0.25) is 0 Å². The largest absolute Gasteiger partial charge is 0.508 e. The van der Waals surface area contributed by atoms with Gasteiger partial charge in [-0.05, 0) is 18.6 Å². The van der Waals surface area contributed by atoms with Gasteiger partial charge in [0.1, 0.15) is 15.8 Å². The lowest BCUT2D eigenvalue weighted by atomic mass is 9.86. The van der Waals surface area contributed by atoms with Gasteiger partial charge in [-0.1, -0.05) is 36.4 Å². The van der Waals surface area contributed by atoms with Gasteiger partial charge in [-0.2, -0.15) is 0 Å². The smallest absolute Gasteiger partial charge is 0.133 e. The van der Waals surface area contributed by atoms with Crippen LogP contribution in [0.15, 0.2) is 48.5 Å². The van der Waals surface area contributed by atoms with E-state index in [-0.39, 0.29) is 5.75 Å². The Bertz CT molecular complexity index is 654. The maximum atomic E-state index is 10.2. The molecule has 1 aliphatic carbocycles. The van der Waals surface area contributed by atoms with Crippen molar-refractivity contribution in [1.82, 2.24) is 0 Å². The van der Waals surface area contributed by atoms with Crippen LogP contribution in [-0.2, 0) is 5.41 Å². The molecule has 0 amide bonds. The fourth-order valence-corrected chi connectivity index (χ4v) is 3.66. The van der Waals surface area contributed by atoms with E-state index in [1.165, 1.54) is 0 Å². The molecular weight excluding hydrogens is 295 g/mol. The number of benzene rings is 2. The Hall–Kier alpha value is -1.38. The van der Waals surface area contributed by atoms with E-state index < -0.39 is 9.75 Å². The molecule has 3 rings (SSSR count). The van der Waals surface area contributed by atoms with Gasteiger partial charge in [0.25, 0.3) is 0 Å². The Kier molecular flexibility index (Phi) is 3.11. The SMILES string of the molecule is COc1ccccc1C1(c2ccccc2O)CC1(Cl)Cl. The Labute approximate surface area is 127 Å². The molecule has 0 heterocycles. The lowest BCUT2D eigenvalue weighted by Gasteiger charge is -2.22. The number of phenolic OH excluding ortho intramolecular Hbond substituents is 1. The van der Waals surface area contributed by atoms with E-state index in [1.54, 1.807) is 19.2 Å². The molecule has 104 valence electrons. The summed E-state index contributed by atoms with van der Waals surface area (Å²) in [5.74, 6) is 0.917. The number of halogens is 2. The number of hydrogen-bond donors (Lipinski definition) is 1. The predicted molar refractivity (Wildman–Crippen MR) is 80.9 cm³/mol. The zero-order valence-electron chi connectivity index (χ0n) is 10.9. The predicted octanol–water partition coefficient (Wildman–Crippen LogP) is 4.26. The number of aromatic hydroxyl groups is 1. The van der Waals surface area contributed by atoms with Crippen molar-refractivity contribution in [3.8, 4) is 11.5 Å². The summed E-state index contributed by atoms with van der Waals surface area (Å²) in [7, 11) is 1.61. The molecule has 2 aromatic carbocycles. The van der Waals surface area contributed by atoms with Crippen LogP contribution in [0, 0.1) is 0 Å². The number of para-hydroxylation sites is 2. The van der Waals surface area contributed by atoms with E-state index in [1.807, 2.05) is 36.4 Å². The summed E-state index contributed by atoms with van der Waals surface area (Å²) in [5.41, 5.74) is 0.997. The summed E-state index contributed by atoms with van der Waals surface area (Å²) in [6, 6.07) is 14.8. The molecule has 1 aliphatic rings. The van der Waals surface area contributed by atoms with Crippen molar-refractivity contribution in [3.05, 3.63) is 59.7 Å². The molecule has 1 fully saturated rings. The molecule has 0 aromatic heterocycles. The highest BCUT2D eigenvalue weighted by Gasteiger charge is 2.69. The summed E-state index contributed by atoms with van der Waals surface area (Å²) in [5, 5.41) is 10.2. The Balaban J connectivity index is 2.24. The molecular formula is C16H14Cl2O2. The molecule has 0 spiro atoms. The molecule has 2 aromatic rings. The first kappa shape index (κ1) is 13.6. The standard InChI is InChI=1S/C16H14Cl2O2/c1-20-14-9-5-3-7-12(14)15(10-16(15,17)18)11-6-2-4-8-13(11)19/h2-9,19H,10H2,1H3. The molecule has 0 aliphatic heterocycles. The number of ether oxygens (including phenoxy) is 1. The van der Waals surface area contributed by atoms with Crippen LogP contribution < -0.4 is 4.74 Å². The first-order chi connectivity index (χ1) is 9.53. The normalized spacial score (nSPS) is 23.4. The molecule has 4 heteroatoms. The minimum absolute atomic E-state index is 0.196. The Morgan fingerprint density at radius 3 is 2.10 bits per heavy atom. The topological polar surface area (TPSA) is 29.5 Å². The molecule has 20 heavy (non-hydrogen) atoms. The summed E-state index contributed by atoms with van der Waals surface area (Å²) in [4.78, 5) is 0. The van der Waals surface area contributed by atoms with Crippen LogP contribution in [-0.4, -0.2) is 16.5 Å². The first-order valence-corrected chi connectivity index (χ1v) is 7.08. The van der Waals surface area contributed by atoms with E-state index in [2.05, 4.69) is 0 Å². The highest BCUT2D eigenvalue weighted by molar-refractivity contribution is 6.52. The van der Waals surface area contributed by atoms with Gasteiger partial charge in [0.15, 0.2) is 0 Å². The van der Waals surface area contributed by atoms with Crippen molar-refractivity contribution in [2.45, 2.75) is 16.2 Å². The van der Waals surface area contributed by atoms with E-state index in [4.69, 9.17) is 27.9 Å². The van der Waals surface area contributed by atoms with E-state index in [0.29, 0.717) is 6.42 Å². The van der Waals surface area contributed by atoms with Crippen LogP contribution in [0.2, 0.25) is 0 Å². The average Bonchev–Trinajstić information content (AvgIpc) is 3.03. The minimum atomic E-state index is -0.944. The lowest BCUT2D eigenvalue weighted by Crippen LogP contribution is -2.18. The zero-order chi connectivity index (χ0) is 14.4. The summed E-state index contributed by atoms with van der Waals surface area (Å²) in [6.45, 7) is 0. The van der Waals surface area contributed by atoms with Crippen molar-refractivity contribution in [2.24, 2.45) is 0 Å². The van der Waals surface area contributed by atoms with Gasteiger partial charge in [-0.25, -0.2) is 0 Å². The molecule has 1 saturated carbocycles. The molecule has 0 bridgehead atoms. The second-order valence-corrected chi connectivity index (χ2v) is 6.49. The third kappa shape index (κ3) is 1.79. The van der Waals surface area contributed by atoms with E-state index >= 15 is 0 Å². The molecule has 0 radical (unpaired) electrons. The van der Waals surface area contributed by atoms with Crippen LogP contribution in [0.1, 0.15) is 17.5 Å². The van der Waals surface area contributed by atoms with Gasteiger partial charge in [-0.3, -0.25) is 0 Å². The fraction of sp³-hybridized carbons (Fsp3) is 0.250. The average molecular weight is 309 g/mol. The number of rotatable bonds is 3. The second kappa shape index (κ2) is 4.57. The maximum Gasteiger partial charge on any atom is 0.133 e. The van der Waals surface area contributed by atoms with Crippen molar-refractivity contribution in [3.63, 3.8) is 0 Å². The molecule has 0 saturated heterocycles. The van der Waals surface area contributed by atoms with Crippen LogP contribution in [0.25, 0.3) is 0 Å². The molecule has 1 atom stereocenters. The molecule has 1 N–H and O–H groups in total. The number of hydrogen-bond acceptors (Lipinski definition) is 2. The lowest BCUT2D eigenvalue weighted by molar-refractivity contribution is 0.405. The summed E-state index contributed by atoms with van der Waals surface area (Å²) in [6.07, 6.45) is 0.543. The Morgan fingerprint density at radius 2 is 1.55 bits per heavy atom. The third-order valence-corrected chi connectivity index (χ3v) is 4.83. The quantitative estimate of drug-likeness (QED) is 0.858. The van der Waals surface area contributed by atoms with E-state index in [9.17, 15) is 5.11 Å². The van der Waals surface area contributed by atoms with Gasteiger partial charge in [0, 0.05) is 11.1 Å². The summed E-state index contributed by atoms with van der Waals surface area (Å²) < 4.78 is 4.48. The highest BCUT2D eigenvalue weighted by Crippen LogP contribution is 2.70. The number of methoxy groups -OCH3 is 1. The van der Waals surface area contributed by atoms with Crippen LogP contribution >= 0.6 is 23.2 Å². The van der Waals surface area contributed by atoms with Gasteiger partial charge >= 0.3 is 0 Å². The Morgan fingerprint density at radius 1 is 1.00 bits per heavy atom. The summed E-state index contributed by atoms with van der Waals surface area (Å²) >= 11 is 12.9. The maximum absolute atomic E-state index is 10.2. The van der Waals surface area contributed by atoms with Crippen molar-refractivity contribution >= 4 is 23.2 Å². The molecule has 1 unspecified atom stereocenters. The highest BCUT2D eigenvalue weighted by atomic mass is 35.5. The first-order valence-electron chi connectivity index (χ1n) is 6.33. The van der Waals surface area contributed by atoms with Gasteiger partial charge in [-0.15, -0.1) is 23.2 Å². The van der Waals surface area contributed by atoms with Crippen LogP contribution in [0.3, 0.4) is 0 Å². The zero-order valence-corrected chi connectivity index (χ0v) is 12.4. The van der Waals surface area contributed by atoms with Crippen LogP contribution in [0.5, 0.6) is 11.5 Å². The monoisotopic (exact) mass is 308 g/mol. The van der Waals surface area contributed by atoms with E-state index in [0.717, 1.165) is 16.9 Å². The van der Waals surface area contributed by atoms with Gasteiger partial charge < -0.3 is 9.84 Å². The fourth-order valence-electron chi connectivity index (χ4n) is 2.85. The number of alkyl halides is 2. The minimum Gasteiger partial charge on any atom is -0.508 e. The van der Waals surface area contributed by atoms with Crippen molar-refractivity contribution in [2.75, 3.05) is 7.11 Å². The number of phenols is 1. The van der Waals surface area contributed by atoms with Gasteiger partial charge in [0.05, 0.1) is 12.5 Å². The second-order valence-electron chi connectivity index (χ2n) is 5.00. The molecule has 2 nitrogen and oxygen atoms in total. The van der Waals surface area contributed by atoms with Crippen LogP contribution in [0.4, 0.5) is 0 Å².